The average molecular weight is 164 g/mol. The monoisotopic (exact) mass is 164 g/mol. The molecule has 0 bridgehead atoms. The van der Waals surface area contributed by atoms with Crippen molar-refractivity contribution in [2.24, 2.45) is 10.8 Å². The topological polar surface area (TPSA) is 17.1 Å². The lowest BCUT2D eigenvalue weighted by atomic mass is 9.81. The van der Waals surface area contributed by atoms with Crippen molar-refractivity contribution >= 4 is 5.78 Å². The van der Waals surface area contributed by atoms with E-state index in [4.69, 9.17) is 0 Å². The largest absolute Gasteiger partial charge is 0.294 e. The van der Waals surface area contributed by atoms with Gasteiger partial charge >= 0.3 is 0 Å². The van der Waals surface area contributed by atoms with Crippen LogP contribution in [0.5, 0.6) is 0 Å². The Balaban J connectivity index is 2.46. The number of carbonyl (C=O) groups excluding carboxylic acids is 1. The first-order chi connectivity index (χ1) is 5.46. The first-order valence-electron chi connectivity index (χ1n) is 4.71. The minimum absolute atomic E-state index is 0.0962. The predicted octanol–water partition coefficient (Wildman–Crippen LogP) is 2.71. The molecule has 0 saturated heterocycles. The molecule has 1 saturated carbocycles. The highest BCUT2D eigenvalue weighted by atomic mass is 16.1. The minimum Gasteiger partial charge on any atom is -0.294 e. The third kappa shape index (κ3) is 0.825. The van der Waals surface area contributed by atoms with Crippen molar-refractivity contribution < 1.29 is 4.79 Å². The van der Waals surface area contributed by atoms with Crippen LogP contribution in [0.3, 0.4) is 0 Å². The molecular weight excluding hydrogens is 148 g/mol. The van der Waals surface area contributed by atoms with Crippen molar-refractivity contribution in [3.05, 3.63) is 11.6 Å². The number of fused-ring (bicyclic) bond motifs is 1. The van der Waals surface area contributed by atoms with Gasteiger partial charge in [-0.2, -0.15) is 0 Å². The highest BCUT2D eigenvalue weighted by Gasteiger charge is 2.51. The van der Waals surface area contributed by atoms with Crippen molar-refractivity contribution in [3.8, 4) is 0 Å². The Morgan fingerprint density at radius 1 is 1.33 bits per heavy atom. The van der Waals surface area contributed by atoms with Gasteiger partial charge in [0.2, 0.25) is 0 Å². The molecule has 0 aromatic heterocycles. The van der Waals surface area contributed by atoms with Gasteiger partial charge in [0, 0.05) is 5.41 Å². The normalized spacial score (nSPS) is 38.2. The molecule has 1 nitrogen and oxygen atoms in total. The minimum atomic E-state index is -0.0962. The summed E-state index contributed by atoms with van der Waals surface area (Å²) in [5.41, 5.74) is 1.24. The van der Waals surface area contributed by atoms with E-state index in [0.717, 1.165) is 18.4 Å². The van der Waals surface area contributed by atoms with Crippen LogP contribution >= 0.6 is 0 Å². The van der Waals surface area contributed by atoms with Gasteiger partial charge < -0.3 is 0 Å². The summed E-state index contributed by atoms with van der Waals surface area (Å²) in [7, 11) is 0. The molecule has 0 amide bonds. The summed E-state index contributed by atoms with van der Waals surface area (Å²) in [6.07, 6.45) is 5.48. The van der Waals surface area contributed by atoms with Gasteiger partial charge in [-0.1, -0.05) is 26.8 Å². The fourth-order valence-electron chi connectivity index (χ4n) is 2.89. The van der Waals surface area contributed by atoms with Gasteiger partial charge in [-0.3, -0.25) is 4.79 Å². The Kier molecular flexibility index (Phi) is 1.35. The number of rotatable bonds is 0. The van der Waals surface area contributed by atoms with E-state index in [0.29, 0.717) is 5.78 Å². The SMILES string of the molecule is CC1(C)C[C@@]2(C)CCC=C2C1=O. The molecule has 0 radical (unpaired) electrons. The third-order valence-corrected chi connectivity index (χ3v) is 3.39. The van der Waals surface area contributed by atoms with Crippen LogP contribution in [-0.4, -0.2) is 5.78 Å². The van der Waals surface area contributed by atoms with Gasteiger partial charge in [0.25, 0.3) is 0 Å². The summed E-state index contributed by atoms with van der Waals surface area (Å²) in [5.74, 6) is 0.391. The van der Waals surface area contributed by atoms with E-state index in [1.54, 1.807) is 0 Å². The maximum atomic E-state index is 11.8. The second-order valence-corrected chi connectivity index (χ2v) is 5.11. The summed E-state index contributed by atoms with van der Waals surface area (Å²) < 4.78 is 0. The maximum absolute atomic E-state index is 11.8. The molecule has 1 atom stereocenters. The van der Waals surface area contributed by atoms with Crippen molar-refractivity contribution in [3.63, 3.8) is 0 Å². The number of Topliss-reactive ketones (excluding diaryl/α,β-unsaturated/α-hetero) is 1. The van der Waals surface area contributed by atoms with Crippen LogP contribution in [0.2, 0.25) is 0 Å². The molecule has 0 unspecified atom stereocenters. The molecule has 0 aliphatic heterocycles. The lowest BCUT2D eigenvalue weighted by Gasteiger charge is -2.21. The zero-order valence-electron chi connectivity index (χ0n) is 8.11. The van der Waals surface area contributed by atoms with Gasteiger partial charge in [-0.15, -0.1) is 0 Å². The number of hydrogen-bond acceptors (Lipinski definition) is 1. The van der Waals surface area contributed by atoms with Crippen molar-refractivity contribution in [2.45, 2.75) is 40.0 Å². The third-order valence-electron chi connectivity index (χ3n) is 3.39. The smallest absolute Gasteiger partial charge is 0.164 e. The molecule has 0 aromatic rings. The Morgan fingerprint density at radius 2 is 2.00 bits per heavy atom. The van der Waals surface area contributed by atoms with Crippen LogP contribution < -0.4 is 0 Å². The van der Waals surface area contributed by atoms with E-state index in [9.17, 15) is 4.79 Å². The highest BCUT2D eigenvalue weighted by Crippen LogP contribution is 2.55. The lowest BCUT2D eigenvalue weighted by molar-refractivity contribution is -0.121. The predicted molar refractivity (Wildman–Crippen MR) is 48.8 cm³/mol. The van der Waals surface area contributed by atoms with E-state index in [2.05, 4.69) is 26.8 Å². The quantitative estimate of drug-likeness (QED) is 0.538. The fraction of sp³-hybridized carbons (Fsp3) is 0.727. The van der Waals surface area contributed by atoms with Gasteiger partial charge in [0.15, 0.2) is 5.78 Å². The first-order valence-corrected chi connectivity index (χ1v) is 4.71. The van der Waals surface area contributed by atoms with Gasteiger partial charge in [-0.05, 0) is 30.3 Å². The molecule has 0 N–H and O–H groups in total. The molecule has 1 fully saturated rings. The Bertz CT molecular complexity index is 273. The standard InChI is InChI=1S/C11H16O/c1-10(2)7-11(3)6-4-5-8(11)9(10)12/h5H,4,6-7H2,1-3H3/t11-/m1/s1. The summed E-state index contributed by atoms with van der Waals surface area (Å²) in [6, 6.07) is 0. The van der Waals surface area contributed by atoms with Crippen LogP contribution in [-0.2, 0) is 4.79 Å². The van der Waals surface area contributed by atoms with E-state index < -0.39 is 0 Å². The van der Waals surface area contributed by atoms with Crippen LogP contribution in [0.15, 0.2) is 11.6 Å². The van der Waals surface area contributed by atoms with E-state index >= 15 is 0 Å². The van der Waals surface area contributed by atoms with Crippen molar-refractivity contribution in [1.82, 2.24) is 0 Å². The van der Waals surface area contributed by atoms with Gasteiger partial charge in [0.1, 0.15) is 0 Å². The van der Waals surface area contributed by atoms with Crippen LogP contribution in [0.4, 0.5) is 0 Å². The zero-order chi connectivity index (χ0) is 8.98. The number of allylic oxidation sites excluding steroid dienone is 2. The molecule has 0 spiro atoms. The van der Waals surface area contributed by atoms with Crippen LogP contribution in [0, 0.1) is 10.8 Å². The summed E-state index contributed by atoms with van der Waals surface area (Å²) in [4.78, 5) is 11.8. The molecule has 0 heterocycles. The summed E-state index contributed by atoms with van der Waals surface area (Å²) in [6.45, 7) is 6.37. The lowest BCUT2D eigenvalue weighted by Crippen LogP contribution is -2.17. The second-order valence-electron chi connectivity index (χ2n) is 5.11. The molecule has 0 aromatic carbocycles. The number of carbonyl (C=O) groups is 1. The van der Waals surface area contributed by atoms with Crippen molar-refractivity contribution in [2.75, 3.05) is 0 Å². The summed E-state index contributed by atoms with van der Waals surface area (Å²) in [5, 5.41) is 0. The molecule has 2 rings (SSSR count). The summed E-state index contributed by atoms with van der Waals surface area (Å²) >= 11 is 0. The Hall–Kier alpha value is -0.590. The maximum Gasteiger partial charge on any atom is 0.164 e. The number of ketones is 1. The highest BCUT2D eigenvalue weighted by molar-refractivity contribution is 6.03. The van der Waals surface area contributed by atoms with E-state index in [1.165, 1.54) is 6.42 Å². The van der Waals surface area contributed by atoms with Gasteiger partial charge in [-0.25, -0.2) is 0 Å². The first kappa shape index (κ1) is 8.03. The molecule has 66 valence electrons. The second kappa shape index (κ2) is 2.01. The average Bonchev–Trinajstić information content (AvgIpc) is 2.33. The van der Waals surface area contributed by atoms with Crippen molar-refractivity contribution in [1.29, 1.82) is 0 Å². The Morgan fingerprint density at radius 3 is 2.58 bits per heavy atom. The molecule has 1 heteroatoms. The van der Waals surface area contributed by atoms with E-state index in [-0.39, 0.29) is 10.8 Å². The fourth-order valence-corrected chi connectivity index (χ4v) is 2.89. The molecule has 2 aliphatic carbocycles. The van der Waals surface area contributed by atoms with Gasteiger partial charge in [0.05, 0.1) is 0 Å². The van der Waals surface area contributed by atoms with Crippen LogP contribution in [0.1, 0.15) is 40.0 Å². The van der Waals surface area contributed by atoms with E-state index in [1.807, 2.05) is 0 Å². The molecule has 12 heavy (non-hydrogen) atoms. The van der Waals surface area contributed by atoms with Crippen LogP contribution in [0.25, 0.3) is 0 Å². The number of hydrogen-bond donors (Lipinski definition) is 0. The molecular formula is C11H16O. The Labute approximate surface area is 73.8 Å². The molecule has 2 aliphatic rings. The zero-order valence-corrected chi connectivity index (χ0v) is 8.11.